The van der Waals surface area contributed by atoms with E-state index in [0.29, 0.717) is 0 Å². The van der Waals surface area contributed by atoms with E-state index >= 15 is 0 Å². The lowest BCUT2D eigenvalue weighted by atomic mass is 9.72. The third-order valence-corrected chi connectivity index (χ3v) is 3.58. The number of rotatable bonds is 4. The molecule has 0 saturated carbocycles. The summed E-state index contributed by atoms with van der Waals surface area (Å²) in [5.74, 6) is -2.61. The van der Waals surface area contributed by atoms with Crippen molar-refractivity contribution in [1.29, 1.82) is 0 Å². The quantitative estimate of drug-likeness (QED) is 0.928. The van der Waals surface area contributed by atoms with E-state index in [-0.39, 0.29) is 12.0 Å². The van der Waals surface area contributed by atoms with Gasteiger partial charge in [0.15, 0.2) is 0 Å². The molecular weight excluding hydrogens is 283 g/mol. The second kappa shape index (κ2) is 5.67. The highest BCUT2D eigenvalue weighted by atomic mass is 19.4. The summed E-state index contributed by atoms with van der Waals surface area (Å²) in [5, 5.41) is 0. The average molecular weight is 297 g/mol. The number of alkyl halides is 3. The van der Waals surface area contributed by atoms with Crippen molar-refractivity contribution >= 4 is 5.91 Å². The number of aromatic nitrogens is 2. The van der Waals surface area contributed by atoms with Gasteiger partial charge in [0.25, 0.3) is 0 Å². The van der Waals surface area contributed by atoms with Crippen LogP contribution in [0.3, 0.4) is 0 Å². The first-order valence-corrected chi connectivity index (χ1v) is 6.31. The molecule has 7 heteroatoms. The summed E-state index contributed by atoms with van der Waals surface area (Å²) in [6, 6.07) is 0. The summed E-state index contributed by atoms with van der Waals surface area (Å²) < 4.78 is 40.0. The second-order valence-corrected chi connectivity index (χ2v) is 4.98. The van der Waals surface area contributed by atoms with Crippen LogP contribution in [0.5, 0.6) is 0 Å². The third kappa shape index (κ3) is 3.29. The van der Waals surface area contributed by atoms with Gasteiger partial charge in [0.2, 0.25) is 5.91 Å². The fourth-order valence-corrected chi connectivity index (χ4v) is 2.38. The molecule has 0 bridgehead atoms. The Balaban J connectivity index is 2.37. The van der Waals surface area contributed by atoms with Crippen LogP contribution in [0, 0.1) is 5.41 Å². The molecule has 0 aliphatic heterocycles. The zero-order valence-electron chi connectivity index (χ0n) is 11.0. The molecule has 1 aromatic heterocycles. The zero-order valence-corrected chi connectivity index (χ0v) is 11.0. The fourth-order valence-electron chi connectivity index (χ4n) is 2.38. The maximum absolute atomic E-state index is 13.3. The van der Waals surface area contributed by atoms with Gasteiger partial charge in [-0.3, -0.25) is 4.79 Å². The molecule has 1 unspecified atom stereocenters. The molecule has 1 aliphatic rings. The summed E-state index contributed by atoms with van der Waals surface area (Å²) in [5.41, 5.74) is 3.93. The van der Waals surface area contributed by atoms with Crippen molar-refractivity contribution in [1.82, 2.24) is 9.97 Å². The molecule has 4 nitrogen and oxygen atoms in total. The molecule has 2 N–H and O–H groups in total. The molecule has 0 spiro atoms. The number of halogens is 3. The number of nitrogens with two attached hydrogens (primary N) is 1. The van der Waals surface area contributed by atoms with Crippen LogP contribution in [0.15, 0.2) is 43.0 Å². The monoisotopic (exact) mass is 297 g/mol. The van der Waals surface area contributed by atoms with Gasteiger partial charge in [-0.25, -0.2) is 9.97 Å². The highest BCUT2D eigenvalue weighted by Gasteiger charge is 2.47. The molecule has 0 aromatic carbocycles. The van der Waals surface area contributed by atoms with Crippen LogP contribution >= 0.6 is 0 Å². The highest BCUT2D eigenvalue weighted by molar-refractivity contribution is 5.83. The molecule has 112 valence electrons. The predicted molar refractivity (Wildman–Crippen MR) is 70.0 cm³/mol. The first-order valence-electron chi connectivity index (χ1n) is 6.31. The normalized spacial score (nSPS) is 23.0. The molecule has 0 saturated heterocycles. The maximum atomic E-state index is 13.3. The Hall–Kier alpha value is -2.18. The van der Waals surface area contributed by atoms with Crippen LogP contribution in [0.1, 0.15) is 24.3 Å². The number of carbonyl (C=O) groups excluding carboxylic acids is 1. The standard InChI is InChI=1S/C14H14F3N3O/c15-14(16,17)11(10-7-19-9-20-8-10)6-13(12(18)21)4-2-1-3-5-13/h1-4,7-9,11H,5-6H2,(H2,18,21)/t11?,13-/m1/s1. The van der Waals surface area contributed by atoms with E-state index in [0.717, 1.165) is 18.7 Å². The number of hydrogen-bond acceptors (Lipinski definition) is 3. The Bertz CT molecular complexity index is 569. The van der Waals surface area contributed by atoms with Crippen molar-refractivity contribution in [3.8, 4) is 0 Å². The van der Waals surface area contributed by atoms with E-state index in [2.05, 4.69) is 9.97 Å². The summed E-state index contributed by atoms with van der Waals surface area (Å²) in [4.78, 5) is 18.9. The van der Waals surface area contributed by atoms with Crippen molar-refractivity contribution in [2.45, 2.75) is 24.9 Å². The van der Waals surface area contributed by atoms with E-state index in [9.17, 15) is 18.0 Å². The lowest BCUT2D eigenvalue weighted by Crippen LogP contribution is -2.39. The van der Waals surface area contributed by atoms with Crippen molar-refractivity contribution < 1.29 is 18.0 Å². The Morgan fingerprint density at radius 3 is 2.48 bits per heavy atom. The van der Waals surface area contributed by atoms with E-state index in [1.807, 2.05) is 0 Å². The van der Waals surface area contributed by atoms with Crippen molar-refractivity contribution in [3.05, 3.63) is 48.6 Å². The molecular formula is C14H14F3N3O. The van der Waals surface area contributed by atoms with E-state index in [1.54, 1.807) is 18.2 Å². The molecule has 1 heterocycles. The molecule has 1 aliphatic carbocycles. The molecule has 1 aromatic rings. The molecule has 0 radical (unpaired) electrons. The van der Waals surface area contributed by atoms with Gasteiger partial charge in [0.05, 0.1) is 11.3 Å². The van der Waals surface area contributed by atoms with Gasteiger partial charge in [-0.1, -0.05) is 24.3 Å². The number of carbonyl (C=O) groups is 1. The summed E-state index contributed by atoms with van der Waals surface area (Å²) >= 11 is 0. The summed E-state index contributed by atoms with van der Waals surface area (Å²) in [6.07, 6.45) is 4.87. The largest absolute Gasteiger partial charge is 0.395 e. The molecule has 0 fully saturated rings. The number of hydrogen-bond donors (Lipinski definition) is 1. The average Bonchev–Trinajstić information content (AvgIpc) is 2.45. The number of nitrogens with zero attached hydrogens (tertiary/aromatic N) is 2. The summed E-state index contributed by atoms with van der Waals surface area (Å²) in [6.45, 7) is 0. The summed E-state index contributed by atoms with van der Waals surface area (Å²) in [7, 11) is 0. The third-order valence-electron chi connectivity index (χ3n) is 3.58. The minimum absolute atomic E-state index is 0.0754. The van der Waals surface area contributed by atoms with E-state index < -0.39 is 29.8 Å². The van der Waals surface area contributed by atoms with Crippen LogP contribution in [-0.4, -0.2) is 22.1 Å². The fraction of sp³-hybridized carbons (Fsp3) is 0.357. The van der Waals surface area contributed by atoms with Gasteiger partial charge < -0.3 is 5.73 Å². The Kier molecular flexibility index (Phi) is 4.11. The van der Waals surface area contributed by atoms with Gasteiger partial charge >= 0.3 is 6.18 Å². The second-order valence-electron chi connectivity index (χ2n) is 4.98. The van der Waals surface area contributed by atoms with Crippen LogP contribution in [-0.2, 0) is 4.79 Å². The van der Waals surface area contributed by atoms with E-state index in [4.69, 9.17) is 5.73 Å². The minimum atomic E-state index is -4.51. The molecule has 1 amide bonds. The van der Waals surface area contributed by atoms with Gasteiger partial charge in [-0.05, 0) is 12.8 Å². The topological polar surface area (TPSA) is 68.9 Å². The Morgan fingerprint density at radius 2 is 2.00 bits per heavy atom. The van der Waals surface area contributed by atoms with Crippen LogP contribution < -0.4 is 5.73 Å². The highest BCUT2D eigenvalue weighted by Crippen LogP contribution is 2.45. The van der Waals surface area contributed by atoms with Crippen LogP contribution in [0.4, 0.5) is 13.2 Å². The molecule has 21 heavy (non-hydrogen) atoms. The predicted octanol–water partition coefficient (Wildman–Crippen LogP) is 2.50. The van der Waals surface area contributed by atoms with E-state index in [1.165, 1.54) is 6.08 Å². The lowest BCUT2D eigenvalue weighted by Gasteiger charge is -2.32. The molecule has 2 atom stereocenters. The van der Waals surface area contributed by atoms with Crippen LogP contribution in [0.2, 0.25) is 0 Å². The maximum Gasteiger partial charge on any atom is 0.395 e. The van der Waals surface area contributed by atoms with Gasteiger partial charge in [-0.15, -0.1) is 0 Å². The Morgan fingerprint density at radius 1 is 1.33 bits per heavy atom. The van der Waals surface area contributed by atoms with Crippen LogP contribution in [0.25, 0.3) is 0 Å². The van der Waals surface area contributed by atoms with Crippen molar-refractivity contribution in [3.63, 3.8) is 0 Å². The van der Waals surface area contributed by atoms with Crippen molar-refractivity contribution in [2.24, 2.45) is 11.1 Å². The number of allylic oxidation sites excluding steroid dienone is 3. The number of amides is 1. The first kappa shape index (κ1) is 15.2. The smallest absolute Gasteiger partial charge is 0.369 e. The van der Waals surface area contributed by atoms with Gasteiger partial charge in [-0.2, -0.15) is 13.2 Å². The number of primary amides is 1. The Labute approximate surface area is 119 Å². The SMILES string of the molecule is NC(=O)[C@]1(CC(c2cncnc2)C(F)(F)F)C=CC=CC1. The van der Waals surface area contributed by atoms with Gasteiger partial charge in [0.1, 0.15) is 6.33 Å². The van der Waals surface area contributed by atoms with Crippen molar-refractivity contribution in [2.75, 3.05) is 0 Å². The van der Waals surface area contributed by atoms with Gasteiger partial charge in [0, 0.05) is 18.0 Å². The minimum Gasteiger partial charge on any atom is -0.369 e. The lowest BCUT2D eigenvalue weighted by molar-refractivity contribution is -0.158. The molecule has 2 rings (SSSR count). The zero-order chi connectivity index (χ0) is 15.5. The first-order chi connectivity index (χ1) is 9.85.